The van der Waals surface area contributed by atoms with Crippen molar-refractivity contribution in [3.63, 3.8) is 0 Å². The highest BCUT2D eigenvalue weighted by Gasteiger charge is 2.38. The van der Waals surface area contributed by atoms with Gasteiger partial charge in [-0.15, -0.1) is 0 Å². The number of hydrogen-bond donors (Lipinski definition) is 0. The van der Waals surface area contributed by atoms with Gasteiger partial charge in [0.2, 0.25) is 0 Å². The van der Waals surface area contributed by atoms with Gasteiger partial charge in [-0.3, -0.25) is 0 Å². The minimum absolute atomic E-state index is 0.505. The molecule has 1 unspecified atom stereocenters. The molecule has 0 radical (unpaired) electrons. The summed E-state index contributed by atoms with van der Waals surface area (Å²) in [6.45, 7) is 5.05. The average Bonchev–Trinajstić information content (AvgIpc) is 3.38. The molecule has 232 valence electrons. The zero-order chi connectivity index (χ0) is 32.7. The first-order chi connectivity index (χ1) is 24.1. The van der Waals surface area contributed by atoms with Crippen molar-refractivity contribution in [1.82, 2.24) is 0 Å². The van der Waals surface area contributed by atoms with Gasteiger partial charge in [0.25, 0.3) is 0 Å². The topological polar surface area (TPSA) is 0 Å². The summed E-state index contributed by atoms with van der Waals surface area (Å²) in [6.07, 6.45) is 14.8. The number of fused-ring (bicyclic) bond motifs is 7. The molecule has 0 bridgehead atoms. The third kappa shape index (κ3) is 4.29. The molecule has 0 fully saturated rings. The Morgan fingerprint density at radius 2 is 1.20 bits per heavy atom. The Kier molecular flexibility index (Phi) is 6.25. The van der Waals surface area contributed by atoms with E-state index >= 15 is 0 Å². The third-order valence-electron chi connectivity index (χ3n) is 11.4. The number of rotatable bonds is 3. The van der Waals surface area contributed by atoms with Crippen LogP contribution in [-0.2, 0) is 0 Å². The smallest absolute Gasteiger partial charge is 0.0767 e. The first-order valence-corrected chi connectivity index (χ1v) is 20.5. The normalized spacial score (nSPS) is 17.1. The first-order valence-electron chi connectivity index (χ1n) is 17.5. The van der Waals surface area contributed by atoms with E-state index in [0.29, 0.717) is 5.92 Å². The minimum atomic E-state index is -1.90. The average molecular weight is 641 g/mol. The Bertz CT molecular complexity index is 2640. The van der Waals surface area contributed by atoms with Crippen molar-refractivity contribution in [3.05, 3.63) is 175 Å². The van der Waals surface area contributed by atoms with E-state index in [0.717, 1.165) is 6.42 Å². The molecule has 49 heavy (non-hydrogen) atoms. The maximum Gasteiger partial charge on any atom is 0.113 e. The minimum Gasteiger partial charge on any atom is -0.0767 e. The zero-order valence-corrected chi connectivity index (χ0v) is 28.9. The highest BCUT2D eigenvalue weighted by molar-refractivity contribution is 7.04. The van der Waals surface area contributed by atoms with Crippen LogP contribution in [0, 0.1) is 5.92 Å². The predicted molar refractivity (Wildman–Crippen MR) is 214 cm³/mol. The molecule has 2 aliphatic carbocycles. The fourth-order valence-electron chi connectivity index (χ4n) is 8.91. The maximum absolute atomic E-state index is 2.60. The summed E-state index contributed by atoms with van der Waals surface area (Å²) in [5, 5.41) is 11.0. The van der Waals surface area contributed by atoms with Crippen LogP contribution in [0.5, 0.6) is 0 Å². The monoisotopic (exact) mass is 640 g/mol. The summed E-state index contributed by atoms with van der Waals surface area (Å²) < 4.78 is 0. The molecule has 0 saturated heterocycles. The van der Waals surface area contributed by atoms with Crippen molar-refractivity contribution >= 4 is 56.3 Å². The van der Waals surface area contributed by atoms with Gasteiger partial charge in [0.15, 0.2) is 0 Å². The quantitative estimate of drug-likeness (QED) is 0.133. The summed E-state index contributed by atoms with van der Waals surface area (Å²) in [5.41, 5.74) is 12.1. The van der Waals surface area contributed by atoms with E-state index in [1.165, 1.54) is 82.4 Å². The lowest BCUT2D eigenvalue weighted by atomic mass is 9.82. The van der Waals surface area contributed by atoms with Gasteiger partial charge in [0.05, 0.1) is 0 Å². The number of benzene rings is 7. The summed E-state index contributed by atoms with van der Waals surface area (Å²) in [7, 11) is -1.90. The fraction of sp³-hybridized carbons (Fsp3) is 0.0833. The lowest BCUT2D eigenvalue weighted by molar-refractivity contribution is 0.783. The van der Waals surface area contributed by atoms with Crippen molar-refractivity contribution in [3.8, 4) is 33.4 Å². The molecule has 0 amide bonds. The van der Waals surface area contributed by atoms with Crippen LogP contribution in [-0.4, -0.2) is 8.07 Å². The van der Waals surface area contributed by atoms with Gasteiger partial charge in [-0.25, -0.2) is 0 Å². The van der Waals surface area contributed by atoms with Gasteiger partial charge >= 0.3 is 0 Å². The molecule has 10 rings (SSSR count). The van der Waals surface area contributed by atoms with Crippen LogP contribution in [0.1, 0.15) is 12.0 Å². The molecular formula is C48H36Si. The van der Waals surface area contributed by atoms with Crippen LogP contribution in [0.2, 0.25) is 13.1 Å². The third-order valence-corrected chi connectivity index (χ3v) is 14.9. The Morgan fingerprint density at radius 3 is 2.06 bits per heavy atom. The molecule has 0 saturated carbocycles. The summed E-state index contributed by atoms with van der Waals surface area (Å²) in [5.74, 6) is 0.505. The molecule has 7 aromatic rings. The molecule has 3 aliphatic rings. The Morgan fingerprint density at radius 1 is 0.531 bits per heavy atom. The molecule has 0 nitrogen and oxygen atoms in total. The Labute approximate surface area is 289 Å². The molecular weight excluding hydrogens is 605 g/mol. The molecule has 1 atom stereocenters. The fourth-order valence-corrected chi connectivity index (χ4v) is 12.0. The standard InChI is InChI=1S/C48H36Si/c1-49(2)45-21-10-9-17-38(45)42-29-43-44(30-46(42)49)48(39-20-11-15-33-13-5-6-16-37(33)39)41-19-8-7-18-40(41)47(43)34-25-22-32(23-26-34)36-27-24-31-12-3-4-14-35(31)28-36/h3-23,25-31H,24H2,1-2H3. The van der Waals surface area contributed by atoms with Gasteiger partial charge in [-0.2, -0.15) is 0 Å². The second kappa shape index (κ2) is 10.8. The zero-order valence-electron chi connectivity index (χ0n) is 27.9. The molecule has 1 heteroatoms. The van der Waals surface area contributed by atoms with E-state index in [1.807, 2.05) is 0 Å². The van der Waals surface area contributed by atoms with Crippen LogP contribution < -0.4 is 10.4 Å². The van der Waals surface area contributed by atoms with Crippen LogP contribution in [0.4, 0.5) is 0 Å². The van der Waals surface area contributed by atoms with Crippen molar-refractivity contribution in [2.24, 2.45) is 5.92 Å². The van der Waals surface area contributed by atoms with Crippen molar-refractivity contribution < 1.29 is 0 Å². The van der Waals surface area contributed by atoms with E-state index in [-0.39, 0.29) is 0 Å². The molecule has 1 heterocycles. The van der Waals surface area contributed by atoms with Crippen molar-refractivity contribution in [1.29, 1.82) is 0 Å². The molecule has 1 aliphatic heterocycles. The van der Waals surface area contributed by atoms with Crippen molar-refractivity contribution in [2.45, 2.75) is 19.5 Å². The van der Waals surface area contributed by atoms with Crippen molar-refractivity contribution in [2.75, 3.05) is 0 Å². The summed E-state index contributed by atoms with van der Waals surface area (Å²) in [4.78, 5) is 0. The maximum atomic E-state index is 2.60. The number of allylic oxidation sites excluding steroid dienone is 8. The molecule has 0 aromatic heterocycles. The summed E-state index contributed by atoms with van der Waals surface area (Å²) >= 11 is 0. The van der Waals surface area contributed by atoms with E-state index in [1.54, 1.807) is 10.4 Å². The second-order valence-corrected chi connectivity index (χ2v) is 18.7. The lowest BCUT2D eigenvalue weighted by Crippen LogP contribution is -2.49. The van der Waals surface area contributed by atoms with E-state index in [4.69, 9.17) is 0 Å². The van der Waals surface area contributed by atoms with Gasteiger partial charge in [0, 0.05) is 5.92 Å². The highest BCUT2D eigenvalue weighted by atomic mass is 28.3. The van der Waals surface area contributed by atoms with E-state index in [9.17, 15) is 0 Å². The van der Waals surface area contributed by atoms with Gasteiger partial charge in [-0.05, 0) is 105 Å². The Hall–Kier alpha value is -5.50. The second-order valence-electron chi connectivity index (χ2n) is 14.4. The molecule has 0 spiro atoms. The SMILES string of the molecule is C[Si]1(C)c2ccccc2-c2cc3c(-c4ccc(C5=CCC6C=CC=CC6=C5)cc4)c4ccccc4c(-c4cccc5ccccc45)c3cc21. The van der Waals surface area contributed by atoms with E-state index < -0.39 is 8.07 Å². The van der Waals surface area contributed by atoms with Crippen LogP contribution in [0.3, 0.4) is 0 Å². The van der Waals surface area contributed by atoms with Crippen LogP contribution >= 0.6 is 0 Å². The predicted octanol–water partition coefficient (Wildman–Crippen LogP) is 11.7. The highest BCUT2D eigenvalue weighted by Crippen LogP contribution is 2.47. The Balaban J connectivity index is 1.26. The molecule has 0 N–H and O–H groups in total. The first kappa shape index (κ1) is 28.5. The van der Waals surface area contributed by atoms with Gasteiger partial charge < -0.3 is 0 Å². The van der Waals surface area contributed by atoms with Gasteiger partial charge in [-0.1, -0.05) is 171 Å². The van der Waals surface area contributed by atoms with Crippen LogP contribution in [0.25, 0.3) is 71.3 Å². The molecule has 7 aromatic carbocycles. The largest absolute Gasteiger partial charge is 0.113 e. The van der Waals surface area contributed by atoms with Crippen LogP contribution in [0.15, 0.2) is 169 Å². The lowest BCUT2D eigenvalue weighted by Gasteiger charge is -2.23. The summed E-state index contributed by atoms with van der Waals surface area (Å²) in [6, 6.07) is 48.4. The number of hydrogen-bond acceptors (Lipinski definition) is 0. The van der Waals surface area contributed by atoms with E-state index in [2.05, 4.69) is 177 Å². The van der Waals surface area contributed by atoms with Gasteiger partial charge in [0.1, 0.15) is 8.07 Å².